The Hall–Kier alpha value is -4.49. The van der Waals surface area contributed by atoms with E-state index in [1.54, 1.807) is 146 Å². The van der Waals surface area contributed by atoms with Gasteiger partial charge < -0.3 is 36.1 Å². The summed E-state index contributed by atoms with van der Waals surface area (Å²) in [5.74, 6) is 1.93. The average Bonchev–Trinajstić information content (AvgIpc) is 3.01. The van der Waals surface area contributed by atoms with E-state index in [-0.39, 0.29) is 48.9 Å². The molecule has 6 aromatic rings. The van der Waals surface area contributed by atoms with Crippen molar-refractivity contribution in [2.45, 2.75) is 0 Å². The predicted molar refractivity (Wildman–Crippen MR) is 172 cm³/mol. The Kier molecular flexibility index (Phi) is 30.9. The number of para-hydroxylation sites is 6. The van der Waals surface area contributed by atoms with Crippen LogP contribution < -0.4 is 0 Å². The first-order chi connectivity index (χ1) is 20.4. The summed E-state index contributed by atoms with van der Waals surface area (Å²) < 4.78 is 0. The first-order valence-corrected chi connectivity index (χ1v) is 12.8. The fraction of sp³-hybridized carbons (Fsp3) is 0. The molecule has 232 valence electrons. The molecule has 7 nitrogen and oxygen atoms in total. The smallest absolute Gasteiger partial charge is 0.115 e. The molecule has 9 heteroatoms. The van der Waals surface area contributed by atoms with E-state index in [1.807, 2.05) is 36.4 Å². The molecule has 6 rings (SSSR count). The second kappa shape index (κ2) is 30.9. The molecule has 0 saturated heterocycles. The molecule has 8 N–H and O–H groups in total. The van der Waals surface area contributed by atoms with Crippen LogP contribution in [0.4, 0.5) is 0 Å². The number of phenols is 6. The number of aromatic hydroxyl groups is 6. The molecule has 6 aromatic carbocycles. The summed E-state index contributed by atoms with van der Waals surface area (Å²) in [5.41, 5.74) is 0. The molecule has 0 aromatic heterocycles. The molecule has 0 unspecified atom stereocenters. The van der Waals surface area contributed by atoms with Crippen LogP contribution in [0, 0.1) is 0 Å². The first kappa shape index (κ1) is 44.9. The SMILES string of the molecule is O.Oc1ccccc1.Oc1ccccc1.Oc1ccccc1.Oc1ccccc1.Oc1ccccc1.Oc1ccccc1.[Ti].[Ti]. The molecule has 0 spiro atoms. The third-order valence-corrected chi connectivity index (χ3v) is 4.54. The van der Waals surface area contributed by atoms with Crippen LogP contribution in [0.5, 0.6) is 34.5 Å². The number of hydrogen-bond acceptors (Lipinski definition) is 6. The van der Waals surface area contributed by atoms with Crippen molar-refractivity contribution in [3.63, 3.8) is 0 Å². The van der Waals surface area contributed by atoms with Gasteiger partial charge in [0.1, 0.15) is 34.5 Å². The number of hydrogen-bond donors (Lipinski definition) is 6. The van der Waals surface area contributed by atoms with E-state index in [0.717, 1.165) is 0 Å². The van der Waals surface area contributed by atoms with Gasteiger partial charge in [0.25, 0.3) is 0 Å². The van der Waals surface area contributed by atoms with Gasteiger partial charge in [0.15, 0.2) is 0 Å². The van der Waals surface area contributed by atoms with Crippen molar-refractivity contribution in [1.29, 1.82) is 0 Å². The third kappa shape index (κ3) is 29.4. The van der Waals surface area contributed by atoms with Gasteiger partial charge in [-0.1, -0.05) is 109 Å². The maximum absolute atomic E-state index is 8.63. The quantitative estimate of drug-likeness (QED) is 0.0915. The van der Waals surface area contributed by atoms with Crippen LogP contribution in [0.15, 0.2) is 182 Å². The number of phenolic OH excluding ortho intramolecular Hbond substituents is 6. The second-order valence-electron chi connectivity index (χ2n) is 8.01. The van der Waals surface area contributed by atoms with Gasteiger partial charge in [0.2, 0.25) is 0 Å². The molecule has 0 fully saturated rings. The molecule has 45 heavy (non-hydrogen) atoms. The van der Waals surface area contributed by atoms with E-state index in [1.165, 1.54) is 0 Å². The minimum Gasteiger partial charge on any atom is -0.508 e. The van der Waals surface area contributed by atoms with Gasteiger partial charge in [-0.05, 0) is 72.8 Å². The van der Waals surface area contributed by atoms with E-state index in [9.17, 15) is 0 Å². The molecule has 0 bridgehead atoms. The zero-order valence-corrected chi connectivity index (χ0v) is 27.6. The standard InChI is InChI=1S/6C6H6O.H2O.2Ti/c6*7-6-4-2-1-3-5-6;;;/h6*1-5,7H;1H2;;. The molecule has 0 aliphatic heterocycles. The van der Waals surface area contributed by atoms with Crippen molar-refractivity contribution in [1.82, 2.24) is 0 Å². The van der Waals surface area contributed by atoms with Gasteiger partial charge >= 0.3 is 0 Å². The van der Waals surface area contributed by atoms with E-state index >= 15 is 0 Å². The fourth-order valence-corrected chi connectivity index (χ4v) is 2.57. The molecular formula is C36H38O7Ti2. The van der Waals surface area contributed by atoms with E-state index in [2.05, 4.69) is 0 Å². The minimum absolute atomic E-state index is 0. The van der Waals surface area contributed by atoms with Crippen LogP contribution in [-0.2, 0) is 43.4 Å². The predicted octanol–water partition coefficient (Wildman–Crippen LogP) is 7.52. The van der Waals surface area contributed by atoms with Gasteiger partial charge in [0.05, 0.1) is 0 Å². The molecule has 0 atom stereocenters. The van der Waals surface area contributed by atoms with Crippen molar-refractivity contribution in [3.05, 3.63) is 182 Å². The first-order valence-electron chi connectivity index (χ1n) is 12.8. The molecule has 0 amide bonds. The van der Waals surface area contributed by atoms with Crippen molar-refractivity contribution in [2.75, 3.05) is 0 Å². The van der Waals surface area contributed by atoms with Crippen LogP contribution in [0.1, 0.15) is 0 Å². The van der Waals surface area contributed by atoms with E-state index in [4.69, 9.17) is 30.6 Å². The third-order valence-electron chi connectivity index (χ3n) is 4.54. The van der Waals surface area contributed by atoms with E-state index < -0.39 is 0 Å². The average molecular weight is 678 g/mol. The van der Waals surface area contributed by atoms with Gasteiger partial charge in [-0.3, -0.25) is 0 Å². The molecule has 0 aliphatic rings. The van der Waals surface area contributed by atoms with Crippen LogP contribution in [0.25, 0.3) is 0 Å². The monoisotopic (exact) mass is 678 g/mol. The Morgan fingerprint density at radius 1 is 0.200 bits per heavy atom. The summed E-state index contributed by atoms with van der Waals surface area (Å²) in [6.07, 6.45) is 0. The molecule has 0 aliphatic carbocycles. The van der Waals surface area contributed by atoms with Gasteiger partial charge in [-0.15, -0.1) is 0 Å². The second-order valence-corrected chi connectivity index (χ2v) is 8.01. The van der Waals surface area contributed by atoms with Crippen molar-refractivity contribution < 1.29 is 79.6 Å². The van der Waals surface area contributed by atoms with Crippen LogP contribution in [0.2, 0.25) is 0 Å². The topological polar surface area (TPSA) is 153 Å². The molecule has 0 radical (unpaired) electrons. The zero-order chi connectivity index (χ0) is 30.7. The zero-order valence-electron chi connectivity index (χ0n) is 24.5. The Balaban J connectivity index is -0.000000464. The fourth-order valence-electron chi connectivity index (χ4n) is 2.57. The summed E-state index contributed by atoms with van der Waals surface area (Å²) in [5, 5.41) is 51.8. The van der Waals surface area contributed by atoms with Crippen LogP contribution in [-0.4, -0.2) is 36.1 Å². The summed E-state index contributed by atoms with van der Waals surface area (Å²) >= 11 is 0. The molecular weight excluding hydrogens is 640 g/mol. The van der Waals surface area contributed by atoms with Crippen molar-refractivity contribution >= 4 is 0 Å². The number of benzene rings is 6. The van der Waals surface area contributed by atoms with Gasteiger partial charge in [0, 0.05) is 43.4 Å². The van der Waals surface area contributed by atoms with Gasteiger partial charge in [-0.25, -0.2) is 0 Å². The maximum Gasteiger partial charge on any atom is 0.115 e. The minimum atomic E-state index is 0. The summed E-state index contributed by atoms with van der Waals surface area (Å²) in [4.78, 5) is 0. The Bertz CT molecular complexity index is 1110. The maximum atomic E-state index is 8.63. The van der Waals surface area contributed by atoms with Crippen molar-refractivity contribution in [2.24, 2.45) is 0 Å². The normalized spacial score (nSPS) is 8.00. The summed E-state index contributed by atoms with van der Waals surface area (Å²) in [7, 11) is 0. The Morgan fingerprint density at radius 3 is 0.333 bits per heavy atom. The van der Waals surface area contributed by atoms with Crippen LogP contribution in [0.3, 0.4) is 0 Å². The van der Waals surface area contributed by atoms with Crippen molar-refractivity contribution in [3.8, 4) is 34.5 Å². The Morgan fingerprint density at radius 2 is 0.289 bits per heavy atom. The van der Waals surface area contributed by atoms with Crippen LogP contribution >= 0.6 is 0 Å². The largest absolute Gasteiger partial charge is 0.508 e. The Labute approximate surface area is 294 Å². The number of rotatable bonds is 0. The summed E-state index contributed by atoms with van der Waals surface area (Å²) in [6, 6.07) is 52.3. The molecule has 0 saturated carbocycles. The van der Waals surface area contributed by atoms with Gasteiger partial charge in [-0.2, -0.15) is 0 Å². The molecule has 0 heterocycles. The van der Waals surface area contributed by atoms with E-state index in [0.29, 0.717) is 34.5 Å². The summed E-state index contributed by atoms with van der Waals surface area (Å²) in [6.45, 7) is 0.